The molecule has 0 saturated carbocycles. The number of nitrogens with one attached hydrogen (secondary N) is 2. The van der Waals surface area contributed by atoms with Crippen molar-refractivity contribution < 1.29 is 13.6 Å². The van der Waals surface area contributed by atoms with Crippen LogP contribution in [0.4, 0.5) is 25.8 Å². The predicted molar refractivity (Wildman–Crippen MR) is 98.3 cm³/mol. The first-order chi connectivity index (χ1) is 12.4. The van der Waals surface area contributed by atoms with Gasteiger partial charge in [0, 0.05) is 18.0 Å². The molecule has 2 aromatic carbocycles. The van der Waals surface area contributed by atoms with Gasteiger partial charge in [-0.3, -0.25) is 9.78 Å². The van der Waals surface area contributed by atoms with Crippen molar-refractivity contribution in [2.75, 3.05) is 10.6 Å². The zero-order valence-electron chi connectivity index (χ0n) is 13.1. The Labute approximate surface area is 157 Å². The Balaban J connectivity index is 1.77. The summed E-state index contributed by atoms with van der Waals surface area (Å²) in [6.07, 6.45) is 2.84. The van der Waals surface area contributed by atoms with Crippen LogP contribution in [0, 0.1) is 11.6 Å². The zero-order chi connectivity index (χ0) is 18.7. The van der Waals surface area contributed by atoms with Gasteiger partial charge in [-0.2, -0.15) is 0 Å². The van der Waals surface area contributed by atoms with E-state index >= 15 is 0 Å². The van der Waals surface area contributed by atoms with Crippen LogP contribution >= 0.6 is 23.2 Å². The number of hydrogen-bond donors (Lipinski definition) is 2. The largest absolute Gasteiger partial charge is 0.354 e. The van der Waals surface area contributed by atoms with Gasteiger partial charge >= 0.3 is 0 Å². The van der Waals surface area contributed by atoms with E-state index in [1.807, 2.05) is 0 Å². The average Bonchev–Trinajstić information content (AvgIpc) is 2.61. The van der Waals surface area contributed by atoms with Gasteiger partial charge in [0.25, 0.3) is 5.91 Å². The number of halogens is 4. The second-order valence-corrected chi connectivity index (χ2v) is 6.11. The quantitative estimate of drug-likeness (QED) is 0.600. The minimum Gasteiger partial charge on any atom is -0.354 e. The maximum Gasteiger partial charge on any atom is 0.257 e. The van der Waals surface area contributed by atoms with Gasteiger partial charge in [-0.05, 0) is 36.4 Å². The Morgan fingerprint density at radius 2 is 1.73 bits per heavy atom. The lowest BCUT2D eigenvalue weighted by Gasteiger charge is -2.10. The van der Waals surface area contributed by atoms with E-state index in [1.165, 1.54) is 18.5 Å². The van der Waals surface area contributed by atoms with E-state index in [0.717, 1.165) is 12.1 Å². The number of carbonyl (C=O) groups excluding carboxylic acids is 1. The van der Waals surface area contributed by atoms with E-state index in [2.05, 4.69) is 15.6 Å². The van der Waals surface area contributed by atoms with Crippen LogP contribution in [0.2, 0.25) is 10.0 Å². The smallest absolute Gasteiger partial charge is 0.257 e. The molecule has 0 bridgehead atoms. The Kier molecular flexibility index (Phi) is 5.35. The summed E-state index contributed by atoms with van der Waals surface area (Å²) in [5.74, 6) is -2.17. The van der Waals surface area contributed by atoms with Gasteiger partial charge in [0.05, 0.1) is 33.2 Å². The van der Waals surface area contributed by atoms with Crippen molar-refractivity contribution in [3.05, 3.63) is 82.1 Å². The Hall–Kier alpha value is -2.70. The molecule has 4 nitrogen and oxygen atoms in total. The summed E-state index contributed by atoms with van der Waals surface area (Å²) in [5.41, 5.74) is 1.25. The van der Waals surface area contributed by atoms with Crippen LogP contribution in [0.5, 0.6) is 0 Å². The standard InChI is InChI=1S/C18H11Cl2F2N3O/c19-14-3-2-12(7-15(14)20)24-13-5-10(8-23-9-13)18(26)25-17-4-1-11(21)6-16(17)22/h1-9,24H,(H,25,26). The topological polar surface area (TPSA) is 54.0 Å². The first-order valence-electron chi connectivity index (χ1n) is 7.36. The number of amides is 1. The molecule has 8 heteroatoms. The summed E-state index contributed by atoms with van der Waals surface area (Å²) in [5, 5.41) is 6.22. The molecule has 26 heavy (non-hydrogen) atoms. The van der Waals surface area contributed by atoms with Crippen LogP contribution in [0.15, 0.2) is 54.9 Å². The highest BCUT2D eigenvalue weighted by atomic mass is 35.5. The Morgan fingerprint density at radius 3 is 2.46 bits per heavy atom. The highest BCUT2D eigenvalue weighted by Crippen LogP contribution is 2.27. The normalized spacial score (nSPS) is 10.5. The Bertz CT molecular complexity index is 982. The van der Waals surface area contributed by atoms with E-state index in [-0.39, 0.29) is 11.3 Å². The highest BCUT2D eigenvalue weighted by molar-refractivity contribution is 6.42. The molecule has 0 unspecified atom stereocenters. The van der Waals surface area contributed by atoms with Gasteiger partial charge < -0.3 is 10.6 Å². The van der Waals surface area contributed by atoms with Crippen molar-refractivity contribution in [2.24, 2.45) is 0 Å². The van der Waals surface area contributed by atoms with E-state index in [0.29, 0.717) is 27.5 Å². The van der Waals surface area contributed by atoms with E-state index in [9.17, 15) is 13.6 Å². The maximum absolute atomic E-state index is 13.7. The highest BCUT2D eigenvalue weighted by Gasteiger charge is 2.11. The summed E-state index contributed by atoms with van der Waals surface area (Å²) in [6, 6.07) is 9.41. The molecule has 3 rings (SSSR count). The lowest BCUT2D eigenvalue weighted by molar-refractivity contribution is 0.102. The molecule has 0 saturated heterocycles. The Morgan fingerprint density at radius 1 is 0.923 bits per heavy atom. The van der Waals surface area contributed by atoms with Crippen molar-refractivity contribution >= 4 is 46.2 Å². The second kappa shape index (κ2) is 7.68. The van der Waals surface area contributed by atoms with Crippen LogP contribution < -0.4 is 10.6 Å². The molecular formula is C18H11Cl2F2N3O. The first-order valence-corrected chi connectivity index (χ1v) is 8.11. The van der Waals surface area contributed by atoms with E-state index < -0.39 is 17.5 Å². The van der Waals surface area contributed by atoms with Gasteiger partial charge in [0.2, 0.25) is 0 Å². The molecule has 1 aromatic heterocycles. The van der Waals surface area contributed by atoms with Gasteiger partial charge in [-0.25, -0.2) is 8.78 Å². The summed E-state index contributed by atoms with van der Waals surface area (Å²) < 4.78 is 26.6. The van der Waals surface area contributed by atoms with Crippen molar-refractivity contribution in [3.63, 3.8) is 0 Å². The van der Waals surface area contributed by atoms with Crippen LogP contribution in [0.3, 0.4) is 0 Å². The number of carbonyl (C=O) groups is 1. The lowest BCUT2D eigenvalue weighted by atomic mass is 10.2. The average molecular weight is 394 g/mol. The molecule has 1 amide bonds. The van der Waals surface area contributed by atoms with Crippen molar-refractivity contribution in [1.29, 1.82) is 0 Å². The number of anilines is 3. The van der Waals surface area contributed by atoms with Gasteiger partial charge in [-0.15, -0.1) is 0 Å². The molecule has 0 aliphatic carbocycles. The number of aromatic nitrogens is 1. The number of pyridine rings is 1. The van der Waals surface area contributed by atoms with Gasteiger partial charge in [0.15, 0.2) is 0 Å². The minimum absolute atomic E-state index is 0.126. The monoisotopic (exact) mass is 393 g/mol. The molecule has 0 spiro atoms. The van der Waals surface area contributed by atoms with Crippen molar-refractivity contribution in [3.8, 4) is 0 Å². The van der Waals surface area contributed by atoms with Crippen LogP contribution in [0.25, 0.3) is 0 Å². The molecule has 0 atom stereocenters. The summed E-state index contributed by atoms with van der Waals surface area (Å²) in [7, 11) is 0. The predicted octanol–water partition coefficient (Wildman–Crippen LogP) is 5.66. The summed E-state index contributed by atoms with van der Waals surface area (Å²) in [6.45, 7) is 0. The van der Waals surface area contributed by atoms with Crippen molar-refractivity contribution in [2.45, 2.75) is 0 Å². The molecule has 0 radical (unpaired) electrons. The molecule has 3 aromatic rings. The number of hydrogen-bond acceptors (Lipinski definition) is 3. The third-order valence-corrected chi connectivity index (χ3v) is 4.13. The third kappa shape index (κ3) is 4.28. The van der Waals surface area contributed by atoms with Crippen LogP contribution in [0.1, 0.15) is 10.4 Å². The van der Waals surface area contributed by atoms with Crippen LogP contribution in [-0.2, 0) is 0 Å². The minimum atomic E-state index is -0.864. The summed E-state index contributed by atoms with van der Waals surface area (Å²) >= 11 is 11.8. The molecule has 0 aliphatic rings. The molecule has 0 aliphatic heterocycles. The van der Waals surface area contributed by atoms with Gasteiger partial charge in [0.1, 0.15) is 11.6 Å². The lowest BCUT2D eigenvalue weighted by Crippen LogP contribution is -2.13. The number of benzene rings is 2. The van der Waals surface area contributed by atoms with Crippen molar-refractivity contribution in [1.82, 2.24) is 4.98 Å². The fourth-order valence-electron chi connectivity index (χ4n) is 2.16. The zero-order valence-corrected chi connectivity index (χ0v) is 14.6. The number of rotatable bonds is 4. The van der Waals surface area contributed by atoms with Gasteiger partial charge in [-0.1, -0.05) is 23.2 Å². The number of nitrogens with zero attached hydrogens (tertiary/aromatic N) is 1. The first kappa shape index (κ1) is 18.1. The molecule has 132 valence electrons. The van der Waals surface area contributed by atoms with E-state index in [1.54, 1.807) is 18.2 Å². The fraction of sp³-hybridized carbons (Fsp3) is 0. The maximum atomic E-state index is 13.7. The summed E-state index contributed by atoms with van der Waals surface area (Å²) in [4.78, 5) is 16.3. The molecule has 1 heterocycles. The molecule has 2 N–H and O–H groups in total. The third-order valence-electron chi connectivity index (χ3n) is 3.39. The SMILES string of the molecule is O=C(Nc1ccc(F)cc1F)c1cncc(Nc2ccc(Cl)c(Cl)c2)c1. The fourth-order valence-corrected chi connectivity index (χ4v) is 2.46. The van der Waals surface area contributed by atoms with Crippen LogP contribution in [-0.4, -0.2) is 10.9 Å². The second-order valence-electron chi connectivity index (χ2n) is 5.29. The van der Waals surface area contributed by atoms with E-state index in [4.69, 9.17) is 23.2 Å². The molecular weight excluding hydrogens is 383 g/mol. The molecule has 0 fully saturated rings.